The summed E-state index contributed by atoms with van der Waals surface area (Å²) in [5.41, 5.74) is 2.75. The van der Waals surface area contributed by atoms with Crippen molar-refractivity contribution in [1.82, 2.24) is 20.1 Å². The Labute approximate surface area is 176 Å². The molecule has 2 aromatic heterocycles. The molecule has 3 heterocycles. The van der Waals surface area contributed by atoms with Crippen LogP contribution in [0.15, 0.2) is 60.9 Å². The fourth-order valence-corrected chi connectivity index (χ4v) is 3.50. The SMILES string of the molecule is CCOc1ccc(CC(=O)N2CCN(c3ccc(-c4cccnc4)nn3)CC2)cc1. The monoisotopic (exact) mass is 403 g/mol. The van der Waals surface area contributed by atoms with E-state index >= 15 is 0 Å². The van der Waals surface area contributed by atoms with E-state index in [0.29, 0.717) is 26.1 Å². The summed E-state index contributed by atoms with van der Waals surface area (Å²) in [5, 5.41) is 8.70. The third-order valence-corrected chi connectivity index (χ3v) is 5.15. The molecule has 1 saturated heterocycles. The largest absolute Gasteiger partial charge is 0.494 e. The second-order valence-corrected chi connectivity index (χ2v) is 7.14. The molecule has 0 bridgehead atoms. The summed E-state index contributed by atoms with van der Waals surface area (Å²) >= 11 is 0. The van der Waals surface area contributed by atoms with Crippen molar-refractivity contribution in [2.24, 2.45) is 0 Å². The lowest BCUT2D eigenvalue weighted by molar-refractivity contribution is -0.130. The molecule has 0 atom stereocenters. The van der Waals surface area contributed by atoms with Crippen LogP contribution in [0.3, 0.4) is 0 Å². The number of pyridine rings is 1. The molecule has 0 unspecified atom stereocenters. The van der Waals surface area contributed by atoms with Crippen LogP contribution in [0.4, 0.5) is 5.82 Å². The molecule has 0 aliphatic carbocycles. The molecule has 1 aliphatic rings. The summed E-state index contributed by atoms with van der Waals surface area (Å²) in [6, 6.07) is 15.5. The molecule has 30 heavy (non-hydrogen) atoms. The smallest absolute Gasteiger partial charge is 0.227 e. The van der Waals surface area contributed by atoms with Gasteiger partial charge in [0.1, 0.15) is 5.75 Å². The summed E-state index contributed by atoms with van der Waals surface area (Å²) in [6.07, 6.45) is 3.92. The van der Waals surface area contributed by atoms with Gasteiger partial charge in [0, 0.05) is 44.1 Å². The Bertz CT molecular complexity index is 953. The molecular formula is C23H25N5O2. The number of rotatable bonds is 6. The molecular weight excluding hydrogens is 378 g/mol. The van der Waals surface area contributed by atoms with Gasteiger partial charge in [0.25, 0.3) is 0 Å². The van der Waals surface area contributed by atoms with E-state index in [1.54, 1.807) is 12.4 Å². The number of hydrogen-bond donors (Lipinski definition) is 0. The van der Waals surface area contributed by atoms with Crippen LogP contribution in [-0.2, 0) is 11.2 Å². The van der Waals surface area contributed by atoms with Gasteiger partial charge in [-0.15, -0.1) is 10.2 Å². The summed E-state index contributed by atoms with van der Waals surface area (Å²) < 4.78 is 5.45. The van der Waals surface area contributed by atoms with Gasteiger partial charge in [-0.2, -0.15) is 0 Å². The first kappa shape index (κ1) is 19.8. The number of ether oxygens (including phenoxy) is 1. The van der Waals surface area contributed by atoms with E-state index in [9.17, 15) is 4.79 Å². The fraction of sp³-hybridized carbons (Fsp3) is 0.304. The van der Waals surface area contributed by atoms with Gasteiger partial charge in [-0.05, 0) is 48.9 Å². The fourth-order valence-electron chi connectivity index (χ4n) is 3.50. The van der Waals surface area contributed by atoms with E-state index in [4.69, 9.17) is 4.74 Å². The van der Waals surface area contributed by atoms with E-state index in [1.165, 1.54) is 0 Å². The highest BCUT2D eigenvalue weighted by molar-refractivity contribution is 5.79. The number of piperazine rings is 1. The van der Waals surface area contributed by atoms with Crippen molar-refractivity contribution in [3.05, 3.63) is 66.5 Å². The zero-order valence-corrected chi connectivity index (χ0v) is 17.1. The minimum atomic E-state index is 0.150. The highest BCUT2D eigenvalue weighted by Gasteiger charge is 2.22. The quantitative estimate of drug-likeness (QED) is 0.630. The van der Waals surface area contributed by atoms with Crippen LogP contribution in [0.25, 0.3) is 11.3 Å². The molecule has 0 N–H and O–H groups in total. The Morgan fingerprint density at radius 2 is 1.80 bits per heavy atom. The zero-order chi connectivity index (χ0) is 20.8. The predicted molar refractivity (Wildman–Crippen MR) is 115 cm³/mol. The normalized spacial score (nSPS) is 13.9. The third-order valence-electron chi connectivity index (χ3n) is 5.15. The minimum Gasteiger partial charge on any atom is -0.494 e. The Morgan fingerprint density at radius 3 is 2.43 bits per heavy atom. The maximum absolute atomic E-state index is 12.7. The molecule has 4 rings (SSSR count). The first-order valence-corrected chi connectivity index (χ1v) is 10.2. The second-order valence-electron chi connectivity index (χ2n) is 7.14. The summed E-state index contributed by atoms with van der Waals surface area (Å²) in [7, 11) is 0. The molecule has 1 fully saturated rings. The number of nitrogens with zero attached hydrogens (tertiary/aromatic N) is 5. The van der Waals surface area contributed by atoms with Crippen molar-refractivity contribution in [3.8, 4) is 17.0 Å². The lowest BCUT2D eigenvalue weighted by Gasteiger charge is -2.35. The second kappa shape index (κ2) is 9.35. The van der Waals surface area contributed by atoms with Crippen LogP contribution in [0.2, 0.25) is 0 Å². The van der Waals surface area contributed by atoms with Gasteiger partial charge in [0.2, 0.25) is 5.91 Å². The molecule has 1 amide bonds. The Hall–Kier alpha value is -3.48. The molecule has 0 radical (unpaired) electrons. The van der Waals surface area contributed by atoms with E-state index in [2.05, 4.69) is 20.1 Å². The Balaban J connectivity index is 1.30. The van der Waals surface area contributed by atoms with Crippen molar-refractivity contribution in [2.45, 2.75) is 13.3 Å². The maximum Gasteiger partial charge on any atom is 0.227 e. The van der Waals surface area contributed by atoms with Crippen LogP contribution in [0.1, 0.15) is 12.5 Å². The highest BCUT2D eigenvalue weighted by Crippen LogP contribution is 2.19. The standard InChI is InChI=1S/C23H25N5O2/c1-2-30-20-7-5-18(6-8-20)16-23(29)28-14-12-27(13-15-28)22-10-9-21(25-26-22)19-4-3-11-24-17-19/h3-11,17H,2,12-16H2,1H3. The number of carbonyl (C=O) groups excluding carboxylic acids is 1. The Morgan fingerprint density at radius 1 is 1.00 bits per heavy atom. The first-order valence-electron chi connectivity index (χ1n) is 10.2. The number of anilines is 1. The van der Waals surface area contributed by atoms with Gasteiger partial charge < -0.3 is 14.5 Å². The van der Waals surface area contributed by atoms with Gasteiger partial charge in [-0.3, -0.25) is 9.78 Å². The molecule has 3 aromatic rings. The van der Waals surface area contributed by atoms with Crippen molar-refractivity contribution < 1.29 is 9.53 Å². The summed E-state index contributed by atoms with van der Waals surface area (Å²) in [6.45, 7) is 5.45. The number of hydrogen-bond acceptors (Lipinski definition) is 6. The van der Waals surface area contributed by atoms with E-state index in [0.717, 1.165) is 41.5 Å². The number of carbonyl (C=O) groups is 1. The van der Waals surface area contributed by atoms with Crippen LogP contribution >= 0.6 is 0 Å². The van der Waals surface area contributed by atoms with Crippen molar-refractivity contribution in [3.63, 3.8) is 0 Å². The zero-order valence-electron chi connectivity index (χ0n) is 17.1. The highest BCUT2D eigenvalue weighted by atomic mass is 16.5. The molecule has 154 valence electrons. The maximum atomic E-state index is 12.7. The van der Waals surface area contributed by atoms with E-state index in [1.807, 2.05) is 60.4 Å². The van der Waals surface area contributed by atoms with Gasteiger partial charge >= 0.3 is 0 Å². The van der Waals surface area contributed by atoms with Crippen LogP contribution in [0, 0.1) is 0 Å². The van der Waals surface area contributed by atoms with Crippen molar-refractivity contribution in [1.29, 1.82) is 0 Å². The van der Waals surface area contributed by atoms with Crippen LogP contribution in [0.5, 0.6) is 5.75 Å². The molecule has 0 spiro atoms. The average molecular weight is 403 g/mol. The summed E-state index contributed by atoms with van der Waals surface area (Å²) in [5.74, 6) is 1.82. The van der Waals surface area contributed by atoms with Crippen LogP contribution < -0.4 is 9.64 Å². The van der Waals surface area contributed by atoms with Gasteiger partial charge in [0.15, 0.2) is 5.82 Å². The minimum absolute atomic E-state index is 0.150. The number of amides is 1. The average Bonchev–Trinajstić information content (AvgIpc) is 2.81. The molecule has 7 nitrogen and oxygen atoms in total. The summed E-state index contributed by atoms with van der Waals surface area (Å²) in [4.78, 5) is 20.9. The number of benzene rings is 1. The molecule has 1 aromatic carbocycles. The van der Waals surface area contributed by atoms with Gasteiger partial charge in [-0.25, -0.2) is 0 Å². The van der Waals surface area contributed by atoms with Gasteiger partial charge in [0.05, 0.1) is 18.7 Å². The molecule has 7 heteroatoms. The van der Waals surface area contributed by atoms with E-state index in [-0.39, 0.29) is 5.91 Å². The predicted octanol–water partition coefficient (Wildman–Crippen LogP) is 2.83. The topological polar surface area (TPSA) is 71.5 Å². The molecule has 1 aliphatic heterocycles. The lowest BCUT2D eigenvalue weighted by Crippen LogP contribution is -2.49. The van der Waals surface area contributed by atoms with Crippen molar-refractivity contribution in [2.75, 3.05) is 37.7 Å². The van der Waals surface area contributed by atoms with Gasteiger partial charge in [-0.1, -0.05) is 12.1 Å². The van der Waals surface area contributed by atoms with Crippen LogP contribution in [-0.4, -0.2) is 58.8 Å². The third kappa shape index (κ3) is 4.74. The lowest BCUT2D eigenvalue weighted by atomic mass is 10.1. The van der Waals surface area contributed by atoms with Crippen molar-refractivity contribution >= 4 is 11.7 Å². The first-order chi connectivity index (χ1) is 14.7. The Kier molecular flexibility index (Phi) is 6.17. The molecule has 0 saturated carbocycles. The van der Waals surface area contributed by atoms with E-state index < -0.39 is 0 Å². The number of aromatic nitrogens is 3.